The van der Waals surface area contributed by atoms with E-state index in [0.29, 0.717) is 24.2 Å². The Morgan fingerprint density at radius 1 is 0.958 bits per heavy atom. The Morgan fingerprint density at radius 3 is 2.50 bits per heavy atom. The largest absolute Gasteiger partial charge is 0.391 e. The van der Waals surface area contributed by atoms with Gasteiger partial charge in [0.05, 0.1) is 17.1 Å². The van der Waals surface area contributed by atoms with Crippen molar-refractivity contribution in [3.05, 3.63) is 75.7 Å². The predicted octanol–water partition coefficient (Wildman–Crippen LogP) is 2.55. The zero-order chi connectivity index (χ0) is 16.7. The number of aliphatic hydroxyl groups is 1. The molecule has 0 saturated carbocycles. The smallest absolute Gasteiger partial charge is 0.237 e. The van der Waals surface area contributed by atoms with Gasteiger partial charge >= 0.3 is 0 Å². The van der Waals surface area contributed by atoms with Crippen molar-refractivity contribution in [3.8, 4) is 0 Å². The molecule has 0 heterocycles. The number of rotatable bonds is 3. The van der Waals surface area contributed by atoms with Crippen molar-refractivity contribution in [2.24, 2.45) is 0 Å². The second-order valence-corrected chi connectivity index (χ2v) is 8.15. The first-order valence-corrected chi connectivity index (χ1v) is 9.59. The van der Waals surface area contributed by atoms with Crippen molar-refractivity contribution in [1.82, 2.24) is 4.72 Å². The number of aryl methyl sites for hydroxylation is 1. The first-order chi connectivity index (χ1) is 11.5. The molecule has 0 fully saturated rings. The third kappa shape index (κ3) is 2.69. The van der Waals surface area contributed by atoms with Crippen LogP contribution in [0.4, 0.5) is 0 Å². The molecule has 0 bridgehead atoms. The first-order valence-electron chi connectivity index (χ1n) is 8.11. The number of benzene rings is 2. The molecule has 4 rings (SSSR count). The summed E-state index contributed by atoms with van der Waals surface area (Å²) in [5.41, 5.74) is 3.99. The van der Waals surface area contributed by atoms with Crippen LogP contribution < -0.4 is 4.72 Å². The van der Waals surface area contributed by atoms with Gasteiger partial charge in [0.2, 0.25) is 10.0 Å². The van der Waals surface area contributed by atoms with Crippen LogP contribution in [0.25, 0.3) is 6.08 Å². The number of aliphatic hydroxyl groups excluding tert-OH is 1. The van der Waals surface area contributed by atoms with Gasteiger partial charge in [-0.05, 0) is 41.2 Å². The van der Waals surface area contributed by atoms with Gasteiger partial charge in [-0.25, -0.2) is 13.1 Å². The molecule has 2 aromatic carbocycles. The number of fused-ring (bicyclic) bond motifs is 2. The van der Waals surface area contributed by atoms with Crippen LogP contribution in [0.1, 0.15) is 34.7 Å². The van der Waals surface area contributed by atoms with E-state index in [1.54, 1.807) is 6.08 Å². The summed E-state index contributed by atoms with van der Waals surface area (Å²) in [6.07, 6.45) is 2.69. The molecule has 4 nitrogen and oxygen atoms in total. The molecule has 0 aliphatic heterocycles. The van der Waals surface area contributed by atoms with E-state index in [1.165, 1.54) is 5.56 Å². The fourth-order valence-electron chi connectivity index (χ4n) is 3.58. The highest BCUT2D eigenvalue weighted by Gasteiger charge is 2.35. The highest BCUT2D eigenvalue weighted by molar-refractivity contribution is 7.93. The third-order valence-corrected chi connectivity index (χ3v) is 6.42. The zero-order valence-corrected chi connectivity index (χ0v) is 14.0. The van der Waals surface area contributed by atoms with E-state index >= 15 is 0 Å². The van der Waals surface area contributed by atoms with Crippen LogP contribution in [0, 0.1) is 0 Å². The van der Waals surface area contributed by atoms with Crippen LogP contribution in [0.3, 0.4) is 0 Å². The average molecular weight is 341 g/mol. The topological polar surface area (TPSA) is 66.4 Å². The normalized spacial score (nSPS) is 22.6. The van der Waals surface area contributed by atoms with E-state index in [9.17, 15) is 13.5 Å². The molecule has 0 unspecified atom stereocenters. The maximum atomic E-state index is 12.8. The van der Waals surface area contributed by atoms with Gasteiger partial charge in [0, 0.05) is 6.42 Å². The van der Waals surface area contributed by atoms with Crippen LogP contribution in [0.15, 0.2) is 53.4 Å². The van der Waals surface area contributed by atoms with Gasteiger partial charge in [0.25, 0.3) is 0 Å². The summed E-state index contributed by atoms with van der Waals surface area (Å²) < 4.78 is 28.3. The lowest BCUT2D eigenvalue weighted by Gasteiger charge is -2.21. The molecule has 5 heteroatoms. The molecular formula is C19H19NO3S. The summed E-state index contributed by atoms with van der Waals surface area (Å²) in [5.74, 6) is 0. The van der Waals surface area contributed by atoms with Crippen LogP contribution in [-0.4, -0.2) is 19.6 Å². The standard InChI is InChI=1S/C19H19NO3S/c21-18-12-15-7-3-4-8-17(15)19(18)20-24(22,23)16-10-9-13-5-1-2-6-14(13)11-16/h1-8,11,18-21H,9-10,12H2/t18-,19-/m0/s1. The lowest BCUT2D eigenvalue weighted by molar-refractivity contribution is 0.152. The second kappa shape index (κ2) is 5.84. The second-order valence-electron chi connectivity index (χ2n) is 6.38. The highest BCUT2D eigenvalue weighted by atomic mass is 32.2. The van der Waals surface area contributed by atoms with Crippen LogP contribution in [-0.2, 0) is 22.9 Å². The number of hydrogen-bond donors (Lipinski definition) is 2. The molecule has 0 saturated heterocycles. The number of nitrogens with one attached hydrogen (secondary N) is 1. The molecule has 2 aliphatic carbocycles. The Balaban J connectivity index is 1.64. The van der Waals surface area contributed by atoms with E-state index in [4.69, 9.17) is 0 Å². The minimum atomic E-state index is -3.63. The first kappa shape index (κ1) is 15.6. The van der Waals surface area contributed by atoms with Gasteiger partial charge in [-0.2, -0.15) is 0 Å². The maximum Gasteiger partial charge on any atom is 0.237 e. The Kier molecular flexibility index (Phi) is 3.79. The summed E-state index contributed by atoms with van der Waals surface area (Å²) in [5, 5.41) is 10.3. The molecule has 24 heavy (non-hydrogen) atoms. The molecule has 0 spiro atoms. The Morgan fingerprint density at radius 2 is 1.67 bits per heavy atom. The fourth-order valence-corrected chi connectivity index (χ4v) is 5.00. The minimum Gasteiger partial charge on any atom is -0.391 e. The van der Waals surface area contributed by atoms with Crippen molar-refractivity contribution in [2.45, 2.75) is 31.4 Å². The SMILES string of the molecule is O=S(=O)(N[C@H]1c2ccccc2C[C@@H]1O)C1=Cc2ccccc2CC1. The van der Waals surface area contributed by atoms with E-state index in [0.717, 1.165) is 16.7 Å². The predicted molar refractivity (Wildman–Crippen MR) is 93.7 cm³/mol. The quantitative estimate of drug-likeness (QED) is 0.902. The molecule has 2 aromatic rings. The van der Waals surface area contributed by atoms with Gasteiger partial charge in [-0.15, -0.1) is 0 Å². The summed E-state index contributed by atoms with van der Waals surface area (Å²) >= 11 is 0. The Bertz CT molecular complexity index is 918. The van der Waals surface area contributed by atoms with Crippen molar-refractivity contribution in [1.29, 1.82) is 0 Å². The van der Waals surface area contributed by atoms with Crippen molar-refractivity contribution < 1.29 is 13.5 Å². The van der Waals surface area contributed by atoms with Gasteiger partial charge in [-0.1, -0.05) is 48.5 Å². The molecule has 124 valence electrons. The van der Waals surface area contributed by atoms with Crippen molar-refractivity contribution in [2.75, 3.05) is 0 Å². The maximum absolute atomic E-state index is 12.8. The molecule has 2 N–H and O–H groups in total. The van der Waals surface area contributed by atoms with E-state index in [1.807, 2.05) is 48.5 Å². The molecule has 0 amide bonds. The number of hydrogen-bond acceptors (Lipinski definition) is 3. The molecule has 0 aromatic heterocycles. The summed E-state index contributed by atoms with van der Waals surface area (Å²) in [7, 11) is -3.63. The molecular weight excluding hydrogens is 322 g/mol. The average Bonchev–Trinajstić information content (AvgIpc) is 2.90. The molecule has 2 atom stereocenters. The number of allylic oxidation sites excluding steroid dienone is 1. The summed E-state index contributed by atoms with van der Waals surface area (Å²) in [6, 6.07) is 14.8. The Hall–Kier alpha value is -1.95. The van der Waals surface area contributed by atoms with Crippen molar-refractivity contribution in [3.63, 3.8) is 0 Å². The lowest BCUT2D eigenvalue weighted by Crippen LogP contribution is -2.35. The van der Waals surface area contributed by atoms with E-state index in [-0.39, 0.29) is 0 Å². The molecule has 2 aliphatic rings. The van der Waals surface area contributed by atoms with Crippen molar-refractivity contribution >= 4 is 16.1 Å². The monoisotopic (exact) mass is 341 g/mol. The third-order valence-electron chi connectivity index (χ3n) is 4.84. The van der Waals surface area contributed by atoms with Gasteiger partial charge in [0.1, 0.15) is 0 Å². The zero-order valence-electron chi connectivity index (χ0n) is 13.1. The Labute approximate surface area is 141 Å². The molecule has 0 radical (unpaired) electrons. The van der Waals surface area contributed by atoms with Crippen LogP contribution >= 0.6 is 0 Å². The van der Waals surface area contributed by atoms with Crippen LogP contribution in [0.5, 0.6) is 0 Å². The van der Waals surface area contributed by atoms with E-state index < -0.39 is 22.2 Å². The number of sulfonamides is 1. The summed E-state index contributed by atoms with van der Waals surface area (Å²) in [4.78, 5) is 0.387. The summed E-state index contributed by atoms with van der Waals surface area (Å²) in [6.45, 7) is 0. The highest BCUT2D eigenvalue weighted by Crippen LogP contribution is 2.34. The fraction of sp³-hybridized carbons (Fsp3) is 0.263. The van der Waals surface area contributed by atoms with Gasteiger partial charge in [0.15, 0.2) is 0 Å². The van der Waals surface area contributed by atoms with Gasteiger partial charge < -0.3 is 5.11 Å². The lowest BCUT2D eigenvalue weighted by atomic mass is 9.98. The van der Waals surface area contributed by atoms with E-state index in [2.05, 4.69) is 4.72 Å². The van der Waals surface area contributed by atoms with Gasteiger partial charge in [-0.3, -0.25) is 0 Å². The van der Waals surface area contributed by atoms with Crippen LogP contribution in [0.2, 0.25) is 0 Å². The minimum absolute atomic E-state index is 0.387.